The predicted octanol–water partition coefficient (Wildman–Crippen LogP) is 4.02. The van der Waals surface area contributed by atoms with E-state index in [1.807, 2.05) is 6.07 Å². The summed E-state index contributed by atoms with van der Waals surface area (Å²) in [6.07, 6.45) is 0.0484. The quantitative estimate of drug-likeness (QED) is 0.904. The third-order valence-electron chi connectivity index (χ3n) is 2.10. The first-order valence-electron chi connectivity index (χ1n) is 5.53. The fourth-order valence-corrected chi connectivity index (χ4v) is 2.73. The molecule has 0 spiro atoms. The third kappa shape index (κ3) is 6.43. The van der Waals surface area contributed by atoms with E-state index in [1.54, 1.807) is 11.8 Å². The van der Waals surface area contributed by atoms with Gasteiger partial charge in [0.25, 0.3) is 0 Å². The van der Waals surface area contributed by atoms with Gasteiger partial charge < -0.3 is 5.11 Å². The maximum atomic E-state index is 13.1. The smallest absolute Gasteiger partial charge is 0.124 e. The summed E-state index contributed by atoms with van der Waals surface area (Å²) in [7, 11) is 0. The largest absolute Gasteiger partial charge is 0.392 e. The van der Waals surface area contributed by atoms with Gasteiger partial charge in [-0.25, -0.2) is 4.39 Å². The van der Waals surface area contributed by atoms with Crippen LogP contribution in [0.1, 0.15) is 26.3 Å². The van der Waals surface area contributed by atoms with Crippen molar-refractivity contribution in [2.45, 2.75) is 38.0 Å². The van der Waals surface area contributed by atoms with Gasteiger partial charge in [0.2, 0.25) is 0 Å². The first kappa shape index (κ1) is 15.0. The van der Waals surface area contributed by atoms with Crippen molar-refractivity contribution in [2.75, 3.05) is 5.75 Å². The summed E-state index contributed by atoms with van der Waals surface area (Å²) in [4.78, 5) is 0. The van der Waals surface area contributed by atoms with Crippen LogP contribution in [0.5, 0.6) is 0 Å². The number of rotatable bonds is 4. The number of benzene rings is 1. The van der Waals surface area contributed by atoms with Crippen molar-refractivity contribution in [3.8, 4) is 0 Å². The molecule has 1 rings (SSSR count). The monoisotopic (exact) mass is 320 g/mol. The lowest BCUT2D eigenvalue weighted by Gasteiger charge is -2.20. The molecule has 0 radical (unpaired) electrons. The van der Waals surface area contributed by atoms with Crippen molar-refractivity contribution in [1.29, 1.82) is 0 Å². The van der Waals surface area contributed by atoms with E-state index in [4.69, 9.17) is 0 Å². The second kappa shape index (κ2) is 6.21. The number of thioether (sulfide) groups is 1. The number of hydrogen-bond donors (Lipinski definition) is 1. The molecule has 17 heavy (non-hydrogen) atoms. The van der Waals surface area contributed by atoms with Gasteiger partial charge in [-0.3, -0.25) is 0 Å². The lowest BCUT2D eigenvalue weighted by molar-refractivity contribution is 0.199. The number of halogens is 2. The number of aliphatic hydroxyl groups excluding tert-OH is 1. The van der Waals surface area contributed by atoms with E-state index in [0.717, 1.165) is 5.56 Å². The molecule has 1 unspecified atom stereocenters. The molecule has 4 heteroatoms. The molecular weight excluding hydrogens is 303 g/mol. The lowest BCUT2D eigenvalue weighted by atomic mass is 10.1. The van der Waals surface area contributed by atoms with Crippen molar-refractivity contribution in [1.82, 2.24) is 0 Å². The third-order valence-corrected chi connectivity index (χ3v) is 3.98. The molecule has 0 bridgehead atoms. The van der Waals surface area contributed by atoms with Crippen LogP contribution in [0.25, 0.3) is 0 Å². The molecule has 0 aliphatic heterocycles. The second-order valence-corrected chi connectivity index (χ2v) is 7.82. The Hall–Kier alpha value is -0.0600. The van der Waals surface area contributed by atoms with E-state index in [9.17, 15) is 9.50 Å². The van der Waals surface area contributed by atoms with Gasteiger partial charge in [-0.2, -0.15) is 11.8 Å². The molecule has 1 aromatic rings. The SMILES string of the molecule is CC(C)(C)SCC(O)Cc1cc(F)cc(Br)c1. The maximum Gasteiger partial charge on any atom is 0.124 e. The zero-order chi connectivity index (χ0) is 13.1. The average Bonchev–Trinajstić information content (AvgIpc) is 2.11. The molecule has 0 fully saturated rings. The topological polar surface area (TPSA) is 20.2 Å². The summed E-state index contributed by atoms with van der Waals surface area (Å²) in [5.74, 6) is 0.391. The van der Waals surface area contributed by atoms with Gasteiger partial charge in [-0.05, 0) is 30.2 Å². The molecular formula is C13H18BrFOS. The van der Waals surface area contributed by atoms with Crippen LogP contribution < -0.4 is 0 Å². The van der Waals surface area contributed by atoms with Crippen molar-refractivity contribution in [2.24, 2.45) is 0 Å². The fourth-order valence-electron chi connectivity index (χ4n) is 1.41. The van der Waals surface area contributed by atoms with Crippen molar-refractivity contribution in [3.63, 3.8) is 0 Å². The highest BCUT2D eigenvalue weighted by Gasteiger charge is 2.14. The Balaban J connectivity index is 2.53. The number of aliphatic hydroxyl groups is 1. The van der Waals surface area contributed by atoms with Crippen LogP contribution in [0.3, 0.4) is 0 Å². The van der Waals surface area contributed by atoms with Crippen LogP contribution in [-0.4, -0.2) is 21.7 Å². The van der Waals surface area contributed by atoms with Crippen LogP contribution in [0.2, 0.25) is 0 Å². The first-order chi connectivity index (χ1) is 7.76. The minimum Gasteiger partial charge on any atom is -0.392 e. The molecule has 1 nitrogen and oxygen atoms in total. The highest BCUT2D eigenvalue weighted by atomic mass is 79.9. The Morgan fingerprint density at radius 3 is 2.53 bits per heavy atom. The van der Waals surface area contributed by atoms with Crippen LogP contribution in [0.15, 0.2) is 22.7 Å². The van der Waals surface area contributed by atoms with E-state index >= 15 is 0 Å². The van der Waals surface area contributed by atoms with Gasteiger partial charge in [0, 0.05) is 15.0 Å². The molecule has 0 amide bonds. The number of hydrogen-bond acceptors (Lipinski definition) is 2. The van der Waals surface area contributed by atoms with Gasteiger partial charge in [0.05, 0.1) is 6.10 Å². The first-order valence-corrected chi connectivity index (χ1v) is 7.31. The van der Waals surface area contributed by atoms with E-state index in [1.165, 1.54) is 12.1 Å². The minimum absolute atomic E-state index is 0.142. The summed E-state index contributed by atoms with van der Waals surface area (Å²) in [5, 5.41) is 9.89. The molecule has 0 heterocycles. The average molecular weight is 321 g/mol. The summed E-state index contributed by atoms with van der Waals surface area (Å²) < 4.78 is 14.0. The van der Waals surface area contributed by atoms with Crippen LogP contribution in [-0.2, 0) is 6.42 Å². The Morgan fingerprint density at radius 2 is 2.00 bits per heavy atom. The minimum atomic E-state index is -0.437. The zero-order valence-corrected chi connectivity index (χ0v) is 12.7. The second-order valence-electron chi connectivity index (χ2n) is 5.06. The van der Waals surface area contributed by atoms with Gasteiger partial charge in [-0.1, -0.05) is 36.7 Å². The molecule has 0 aliphatic carbocycles. The molecule has 1 N–H and O–H groups in total. The predicted molar refractivity (Wildman–Crippen MR) is 76.0 cm³/mol. The summed E-state index contributed by atoms with van der Waals surface area (Å²) >= 11 is 4.96. The molecule has 0 saturated heterocycles. The highest BCUT2D eigenvalue weighted by molar-refractivity contribution is 9.10. The Bertz CT molecular complexity index is 356. The van der Waals surface area contributed by atoms with E-state index in [2.05, 4.69) is 36.7 Å². The molecule has 0 aromatic heterocycles. The van der Waals surface area contributed by atoms with Gasteiger partial charge >= 0.3 is 0 Å². The zero-order valence-electron chi connectivity index (χ0n) is 10.3. The van der Waals surface area contributed by atoms with Crippen LogP contribution >= 0.6 is 27.7 Å². The van der Waals surface area contributed by atoms with Crippen molar-refractivity contribution >= 4 is 27.7 Å². The van der Waals surface area contributed by atoms with Crippen molar-refractivity contribution in [3.05, 3.63) is 34.1 Å². The maximum absolute atomic E-state index is 13.1. The molecule has 1 atom stereocenters. The highest BCUT2D eigenvalue weighted by Crippen LogP contribution is 2.25. The van der Waals surface area contributed by atoms with Crippen molar-refractivity contribution < 1.29 is 9.50 Å². The summed E-state index contributed by atoms with van der Waals surface area (Å²) in [6, 6.07) is 4.73. The van der Waals surface area contributed by atoms with Gasteiger partial charge in [-0.15, -0.1) is 0 Å². The van der Waals surface area contributed by atoms with E-state index in [-0.39, 0.29) is 10.6 Å². The standard InChI is InChI=1S/C13H18BrFOS/c1-13(2,3)17-8-12(16)6-9-4-10(14)7-11(15)5-9/h4-5,7,12,16H,6,8H2,1-3H3. The van der Waals surface area contributed by atoms with Crippen LogP contribution in [0.4, 0.5) is 4.39 Å². The van der Waals surface area contributed by atoms with E-state index in [0.29, 0.717) is 16.6 Å². The van der Waals surface area contributed by atoms with Crippen LogP contribution in [0, 0.1) is 5.82 Å². The molecule has 1 aromatic carbocycles. The molecule has 0 saturated carbocycles. The summed E-state index contributed by atoms with van der Waals surface area (Å²) in [5.41, 5.74) is 0.818. The van der Waals surface area contributed by atoms with E-state index < -0.39 is 6.10 Å². The Kier molecular flexibility index (Phi) is 5.48. The Labute approximate surface area is 115 Å². The van der Waals surface area contributed by atoms with Gasteiger partial charge in [0.1, 0.15) is 5.82 Å². The molecule has 0 aliphatic rings. The van der Waals surface area contributed by atoms with Gasteiger partial charge in [0.15, 0.2) is 0 Å². The Morgan fingerprint density at radius 1 is 1.35 bits per heavy atom. The molecule has 96 valence electrons. The summed E-state index contributed by atoms with van der Waals surface area (Å²) in [6.45, 7) is 6.34. The lowest BCUT2D eigenvalue weighted by Crippen LogP contribution is -2.18. The fraction of sp³-hybridized carbons (Fsp3) is 0.538. The normalized spacial score (nSPS) is 13.8.